The van der Waals surface area contributed by atoms with Crippen molar-refractivity contribution in [2.45, 2.75) is 26.3 Å². The van der Waals surface area contributed by atoms with Crippen LogP contribution >= 0.6 is 0 Å². The second kappa shape index (κ2) is 8.43. The van der Waals surface area contributed by atoms with Crippen LogP contribution in [0, 0.1) is 5.92 Å². The number of nitrogens with one attached hydrogen (secondary N) is 1. The lowest BCUT2D eigenvalue weighted by atomic mass is 10.0. The third-order valence-electron chi connectivity index (χ3n) is 3.02. The Morgan fingerprint density at radius 1 is 1.30 bits per heavy atom. The third-order valence-corrected chi connectivity index (χ3v) is 3.02. The molecule has 0 saturated carbocycles. The van der Waals surface area contributed by atoms with Gasteiger partial charge in [-0.15, -0.1) is 0 Å². The molecule has 0 aliphatic carbocycles. The topological polar surface area (TPSA) is 67.8 Å². The standard InChI is InChI=1S/C15H23NO4/c1-11(2)12(8-9-17)16-15(18)10-20-14-7-5-4-6-13(14)19-3/h4-7,11-12,17H,8-10H2,1-3H3,(H,16,18). The molecule has 0 bridgehead atoms. The molecule has 0 aliphatic rings. The zero-order valence-corrected chi connectivity index (χ0v) is 12.3. The first-order chi connectivity index (χ1) is 9.58. The van der Waals surface area contributed by atoms with Gasteiger partial charge in [-0.1, -0.05) is 26.0 Å². The molecule has 2 N–H and O–H groups in total. The van der Waals surface area contributed by atoms with Crippen molar-refractivity contribution in [2.75, 3.05) is 20.3 Å². The molecule has 1 rings (SSSR count). The molecule has 1 aromatic rings. The van der Waals surface area contributed by atoms with E-state index in [2.05, 4.69) is 5.32 Å². The lowest BCUT2D eigenvalue weighted by Gasteiger charge is -2.21. The Labute approximate surface area is 119 Å². The van der Waals surface area contributed by atoms with Crippen LogP contribution < -0.4 is 14.8 Å². The number of carbonyl (C=O) groups excluding carboxylic acids is 1. The van der Waals surface area contributed by atoms with E-state index < -0.39 is 0 Å². The number of methoxy groups -OCH3 is 1. The molecule has 20 heavy (non-hydrogen) atoms. The summed E-state index contributed by atoms with van der Waals surface area (Å²) in [5, 5.41) is 11.8. The van der Waals surface area contributed by atoms with Crippen LogP contribution in [-0.4, -0.2) is 37.4 Å². The minimum absolute atomic E-state index is 0.0474. The predicted octanol–water partition coefficient (Wildman–Crippen LogP) is 1.60. The highest BCUT2D eigenvalue weighted by Crippen LogP contribution is 2.25. The molecule has 0 heterocycles. The second-order valence-electron chi connectivity index (χ2n) is 4.87. The summed E-state index contributed by atoms with van der Waals surface area (Å²) in [6, 6.07) is 7.13. The van der Waals surface area contributed by atoms with Gasteiger partial charge in [0.15, 0.2) is 18.1 Å². The Kier molecular flexibility index (Phi) is 6.87. The van der Waals surface area contributed by atoms with Crippen LogP contribution in [0.2, 0.25) is 0 Å². The van der Waals surface area contributed by atoms with Gasteiger partial charge in [0.25, 0.3) is 5.91 Å². The average molecular weight is 281 g/mol. The molecule has 0 saturated heterocycles. The Balaban J connectivity index is 2.50. The largest absolute Gasteiger partial charge is 0.493 e. The van der Waals surface area contributed by atoms with Gasteiger partial charge >= 0.3 is 0 Å². The lowest BCUT2D eigenvalue weighted by molar-refractivity contribution is -0.124. The number of rotatable bonds is 8. The molecule has 0 aliphatic heterocycles. The fourth-order valence-electron chi connectivity index (χ4n) is 1.84. The molecular weight excluding hydrogens is 258 g/mol. The molecule has 112 valence electrons. The van der Waals surface area contributed by atoms with Crippen molar-refractivity contribution in [3.8, 4) is 11.5 Å². The summed E-state index contributed by atoms with van der Waals surface area (Å²) < 4.78 is 10.6. The predicted molar refractivity (Wildman–Crippen MR) is 77.0 cm³/mol. The normalized spacial score (nSPS) is 12.1. The Morgan fingerprint density at radius 2 is 1.95 bits per heavy atom. The monoisotopic (exact) mass is 281 g/mol. The Hall–Kier alpha value is -1.75. The van der Waals surface area contributed by atoms with Crippen molar-refractivity contribution in [3.05, 3.63) is 24.3 Å². The Morgan fingerprint density at radius 3 is 2.50 bits per heavy atom. The van der Waals surface area contributed by atoms with Crippen LogP contribution in [0.4, 0.5) is 0 Å². The number of aliphatic hydroxyl groups excluding tert-OH is 1. The maximum Gasteiger partial charge on any atom is 0.258 e. The first kappa shape index (κ1) is 16.3. The van der Waals surface area contributed by atoms with Crippen molar-refractivity contribution in [3.63, 3.8) is 0 Å². The lowest BCUT2D eigenvalue weighted by Crippen LogP contribution is -2.41. The van der Waals surface area contributed by atoms with Crippen molar-refractivity contribution in [1.82, 2.24) is 5.32 Å². The second-order valence-corrected chi connectivity index (χ2v) is 4.87. The molecule has 0 radical (unpaired) electrons. The zero-order chi connectivity index (χ0) is 15.0. The first-order valence-corrected chi connectivity index (χ1v) is 6.74. The highest BCUT2D eigenvalue weighted by molar-refractivity contribution is 5.78. The van der Waals surface area contributed by atoms with Crippen LogP contribution in [0.5, 0.6) is 11.5 Å². The molecule has 1 unspecified atom stereocenters. The number of aliphatic hydroxyl groups is 1. The molecule has 5 nitrogen and oxygen atoms in total. The number of hydrogen-bond donors (Lipinski definition) is 2. The average Bonchev–Trinajstić information content (AvgIpc) is 2.44. The molecule has 1 atom stereocenters. The molecule has 1 aromatic carbocycles. The van der Waals surface area contributed by atoms with Crippen molar-refractivity contribution in [2.24, 2.45) is 5.92 Å². The van der Waals surface area contributed by atoms with Gasteiger partial charge in [-0.05, 0) is 24.5 Å². The minimum Gasteiger partial charge on any atom is -0.493 e. The zero-order valence-electron chi connectivity index (χ0n) is 12.3. The van der Waals surface area contributed by atoms with Gasteiger partial charge < -0.3 is 19.9 Å². The molecular formula is C15H23NO4. The first-order valence-electron chi connectivity index (χ1n) is 6.74. The molecule has 0 aromatic heterocycles. The van der Waals surface area contributed by atoms with Crippen LogP contribution in [-0.2, 0) is 4.79 Å². The molecule has 0 spiro atoms. The van der Waals surface area contributed by atoms with Crippen LogP contribution in [0.15, 0.2) is 24.3 Å². The van der Waals surface area contributed by atoms with Crippen molar-refractivity contribution >= 4 is 5.91 Å². The number of ether oxygens (including phenoxy) is 2. The third kappa shape index (κ3) is 5.09. The van der Waals surface area contributed by atoms with Gasteiger partial charge in [-0.2, -0.15) is 0 Å². The van der Waals surface area contributed by atoms with E-state index in [1.54, 1.807) is 19.2 Å². The van der Waals surface area contributed by atoms with Crippen LogP contribution in [0.3, 0.4) is 0 Å². The van der Waals surface area contributed by atoms with E-state index in [1.807, 2.05) is 26.0 Å². The number of amides is 1. The fourth-order valence-corrected chi connectivity index (χ4v) is 1.84. The smallest absolute Gasteiger partial charge is 0.258 e. The SMILES string of the molecule is COc1ccccc1OCC(=O)NC(CCO)C(C)C. The van der Waals surface area contributed by atoms with Gasteiger partial charge in [0.05, 0.1) is 7.11 Å². The fraction of sp³-hybridized carbons (Fsp3) is 0.533. The summed E-state index contributed by atoms with van der Waals surface area (Å²) in [7, 11) is 1.55. The number of carbonyl (C=O) groups is 1. The van der Waals surface area contributed by atoms with Gasteiger partial charge in [0, 0.05) is 12.6 Å². The highest BCUT2D eigenvalue weighted by Gasteiger charge is 2.16. The summed E-state index contributed by atoms with van der Waals surface area (Å²) in [5.41, 5.74) is 0. The minimum atomic E-state index is -0.206. The summed E-state index contributed by atoms with van der Waals surface area (Å²) in [6.45, 7) is 3.98. The summed E-state index contributed by atoms with van der Waals surface area (Å²) >= 11 is 0. The van der Waals surface area contributed by atoms with Crippen LogP contribution in [0.25, 0.3) is 0 Å². The van der Waals surface area contributed by atoms with E-state index in [-0.39, 0.29) is 31.1 Å². The van der Waals surface area contributed by atoms with Gasteiger partial charge in [0.1, 0.15) is 0 Å². The van der Waals surface area contributed by atoms with E-state index in [1.165, 1.54) is 0 Å². The van der Waals surface area contributed by atoms with Gasteiger partial charge in [0.2, 0.25) is 0 Å². The Bertz CT molecular complexity index is 420. The number of hydrogen-bond acceptors (Lipinski definition) is 4. The van der Waals surface area contributed by atoms with Crippen LogP contribution in [0.1, 0.15) is 20.3 Å². The molecule has 1 amide bonds. The number of para-hydroxylation sites is 2. The van der Waals surface area contributed by atoms with E-state index >= 15 is 0 Å². The van der Waals surface area contributed by atoms with E-state index in [0.29, 0.717) is 17.9 Å². The van der Waals surface area contributed by atoms with E-state index in [4.69, 9.17) is 14.6 Å². The van der Waals surface area contributed by atoms with Gasteiger partial charge in [-0.3, -0.25) is 4.79 Å². The quantitative estimate of drug-likeness (QED) is 0.759. The van der Waals surface area contributed by atoms with Crippen molar-refractivity contribution < 1.29 is 19.4 Å². The molecule has 5 heteroatoms. The summed E-state index contributed by atoms with van der Waals surface area (Å²) in [6.07, 6.45) is 0.540. The van der Waals surface area contributed by atoms with E-state index in [0.717, 1.165) is 0 Å². The molecule has 0 fully saturated rings. The van der Waals surface area contributed by atoms with Crippen molar-refractivity contribution in [1.29, 1.82) is 0 Å². The van der Waals surface area contributed by atoms with E-state index in [9.17, 15) is 4.79 Å². The number of benzene rings is 1. The highest BCUT2D eigenvalue weighted by atomic mass is 16.5. The maximum atomic E-state index is 11.8. The summed E-state index contributed by atoms with van der Waals surface area (Å²) in [5.74, 6) is 1.19. The summed E-state index contributed by atoms with van der Waals surface area (Å²) in [4.78, 5) is 11.8. The maximum absolute atomic E-state index is 11.8. The van der Waals surface area contributed by atoms with Gasteiger partial charge in [-0.25, -0.2) is 0 Å².